The third kappa shape index (κ3) is 10.4. The zero-order chi connectivity index (χ0) is 25.0. The van der Waals surface area contributed by atoms with E-state index in [2.05, 4.69) is 22.5 Å². The molecule has 0 unspecified atom stereocenters. The summed E-state index contributed by atoms with van der Waals surface area (Å²) in [5.74, 6) is -3.39. The highest BCUT2D eigenvalue weighted by molar-refractivity contribution is 5.94. The van der Waals surface area contributed by atoms with Gasteiger partial charge in [0.1, 0.15) is 18.6 Å². The molecule has 1 aromatic carbocycles. The number of amides is 4. The molecule has 0 fully saturated rings. The number of nitrogens with zero attached hydrogens (tertiary/aromatic N) is 1. The molecule has 33 heavy (non-hydrogen) atoms. The van der Waals surface area contributed by atoms with Crippen molar-refractivity contribution < 1.29 is 29.1 Å². The van der Waals surface area contributed by atoms with Gasteiger partial charge in [0.05, 0.1) is 6.54 Å². The van der Waals surface area contributed by atoms with Crippen molar-refractivity contribution in [3.63, 3.8) is 0 Å². The van der Waals surface area contributed by atoms with Crippen LogP contribution in [0.15, 0.2) is 43.0 Å². The van der Waals surface area contributed by atoms with Crippen molar-refractivity contribution in [2.24, 2.45) is 5.92 Å². The summed E-state index contributed by atoms with van der Waals surface area (Å²) in [7, 11) is 1.43. The molecule has 1 aromatic rings. The Morgan fingerprint density at radius 1 is 1.03 bits per heavy atom. The molecule has 0 aliphatic heterocycles. The van der Waals surface area contributed by atoms with Crippen LogP contribution in [-0.4, -0.2) is 71.8 Å². The Balaban J connectivity index is 3.00. The van der Waals surface area contributed by atoms with Crippen LogP contribution < -0.4 is 16.0 Å². The molecule has 0 aromatic heterocycles. The lowest BCUT2D eigenvalue weighted by Crippen LogP contribution is -2.56. The minimum atomic E-state index is -1.20. The molecule has 2 atom stereocenters. The number of hydrogen-bond acceptors (Lipinski definition) is 5. The summed E-state index contributed by atoms with van der Waals surface area (Å²) in [4.78, 5) is 61.6. The number of rotatable bonds is 13. The Morgan fingerprint density at radius 3 is 2.21 bits per heavy atom. The predicted molar refractivity (Wildman–Crippen MR) is 122 cm³/mol. The van der Waals surface area contributed by atoms with Crippen LogP contribution in [0.5, 0.6) is 0 Å². The normalized spacial score (nSPS) is 12.2. The molecule has 0 saturated heterocycles. The molecular weight excluding hydrogens is 428 g/mol. The Kier molecular flexibility index (Phi) is 11.3. The Bertz CT molecular complexity index is 856. The fourth-order valence-electron chi connectivity index (χ4n) is 3.01. The lowest BCUT2D eigenvalue weighted by molar-refractivity contribution is -0.138. The second-order valence-electron chi connectivity index (χ2n) is 8.01. The molecular formula is C23H32N4O6. The van der Waals surface area contributed by atoms with E-state index >= 15 is 0 Å². The van der Waals surface area contributed by atoms with Gasteiger partial charge in [0.15, 0.2) is 0 Å². The minimum absolute atomic E-state index is 0.0339. The van der Waals surface area contributed by atoms with Crippen molar-refractivity contribution in [2.45, 2.75) is 38.8 Å². The standard InChI is InChI=1S/C23H32N4O6/c1-5-20(29)27(4)14-19(28)25-18(12-16-9-7-6-8-10-16)23(33)26-17(11-15(2)3)22(32)24-13-21(30)31/h5-10,15,17-18H,1,11-14H2,2-4H3,(H,24,32)(H,25,28)(H,26,33)(H,30,31)/t17-,18-/m0/s1. The van der Waals surface area contributed by atoms with Gasteiger partial charge in [-0.3, -0.25) is 24.0 Å². The Hall–Kier alpha value is -3.69. The number of carbonyl (C=O) groups is 5. The molecule has 0 bridgehead atoms. The number of hydrogen-bond donors (Lipinski definition) is 4. The third-order valence-corrected chi connectivity index (χ3v) is 4.62. The van der Waals surface area contributed by atoms with Crippen LogP contribution in [0.2, 0.25) is 0 Å². The van der Waals surface area contributed by atoms with Crippen LogP contribution in [0.3, 0.4) is 0 Å². The molecule has 0 saturated carbocycles. The third-order valence-electron chi connectivity index (χ3n) is 4.62. The highest BCUT2D eigenvalue weighted by atomic mass is 16.4. The summed E-state index contributed by atoms with van der Waals surface area (Å²) in [6.07, 6.45) is 1.51. The van der Waals surface area contributed by atoms with Crippen LogP contribution in [0.25, 0.3) is 0 Å². The lowest BCUT2D eigenvalue weighted by Gasteiger charge is -2.25. The first-order valence-electron chi connectivity index (χ1n) is 10.5. The van der Waals surface area contributed by atoms with E-state index in [9.17, 15) is 24.0 Å². The Labute approximate surface area is 193 Å². The van der Waals surface area contributed by atoms with Crippen molar-refractivity contribution in [1.29, 1.82) is 0 Å². The fourth-order valence-corrected chi connectivity index (χ4v) is 3.01. The van der Waals surface area contributed by atoms with Gasteiger partial charge in [0.25, 0.3) is 0 Å². The summed E-state index contributed by atoms with van der Waals surface area (Å²) in [6.45, 7) is 6.24. The van der Waals surface area contributed by atoms with Gasteiger partial charge in [-0.05, 0) is 24.0 Å². The van der Waals surface area contributed by atoms with Crippen molar-refractivity contribution >= 4 is 29.6 Å². The molecule has 4 amide bonds. The van der Waals surface area contributed by atoms with E-state index < -0.39 is 48.2 Å². The monoisotopic (exact) mass is 460 g/mol. The van der Waals surface area contributed by atoms with Gasteiger partial charge in [0, 0.05) is 13.5 Å². The van der Waals surface area contributed by atoms with Gasteiger partial charge in [-0.2, -0.15) is 0 Å². The highest BCUT2D eigenvalue weighted by Crippen LogP contribution is 2.08. The first-order chi connectivity index (χ1) is 15.5. The fraction of sp³-hybridized carbons (Fsp3) is 0.435. The SMILES string of the molecule is C=CC(=O)N(C)CC(=O)N[C@@H](Cc1ccccc1)C(=O)N[C@@H](CC(C)C)C(=O)NCC(=O)O. The van der Waals surface area contributed by atoms with Gasteiger partial charge in [-0.15, -0.1) is 0 Å². The van der Waals surface area contributed by atoms with E-state index in [0.717, 1.165) is 16.5 Å². The van der Waals surface area contributed by atoms with E-state index in [1.54, 1.807) is 24.3 Å². The molecule has 10 nitrogen and oxygen atoms in total. The minimum Gasteiger partial charge on any atom is -0.480 e. The molecule has 0 radical (unpaired) electrons. The van der Waals surface area contributed by atoms with Crippen LogP contribution >= 0.6 is 0 Å². The van der Waals surface area contributed by atoms with Crippen molar-refractivity contribution in [3.05, 3.63) is 48.6 Å². The van der Waals surface area contributed by atoms with E-state index in [1.165, 1.54) is 7.05 Å². The van der Waals surface area contributed by atoms with Gasteiger partial charge >= 0.3 is 5.97 Å². The van der Waals surface area contributed by atoms with E-state index in [0.29, 0.717) is 0 Å². The van der Waals surface area contributed by atoms with E-state index in [-0.39, 0.29) is 25.3 Å². The van der Waals surface area contributed by atoms with Crippen LogP contribution in [0, 0.1) is 5.92 Å². The summed E-state index contributed by atoms with van der Waals surface area (Å²) in [5, 5.41) is 16.3. The average molecular weight is 461 g/mol. The van der Waals surface area contributed by atoms with Crippen molar-refractivity contribution in [2.75, 3.05) is 20.1 Å². The zero-order valence-corrected chi connectivity index (χ0v) is 19.2. The smallest absolute Gasteiger partial charge is 0.322 e. The zero-order valence-electron chi connectivity index (χ0n) is 19.2. The van der Waals surface area contributed by atoms with Crippen LogP contribution in [-0.2, 0) is 30.4 Å². The van der Waals surface area contributed by atoms with E-state index in [1.807, 2.05) is 19.9 Å². The quantitative estimate of drug-likeness (QED) is 0.307. The maximum atomic E-state index is 13.1. The number of carboxylic acid groups (broad SMARTS) is 1. The predicted octanol–water partition coefficient (Wildman–Crippen LogP) is 0.0900. The molecule has 1 rings (SSSR count). The number of carbonyl (C=O) groups excluding carboxylic acids is 4. The number of benzene rings is 1. The highest BCUT2D eigenvalue weighted by Gasteiger charge is 2.28. The van der Waals surface area contributed by atoms with Gasteiger partial charge < -0.3 is 26.0 Å². The van der Waals surface area contributed by atoms with Crippen molar-refractivity contribution in [1.82, 2.24) is 20.9 Å². The largest absolute Gasteiger partial charge is 0.480 e. The Morgan fingerprint density at radius 2 is 1.67 bits per heavy atom. The van der Waals surface area contributed by atoms with E-state index in [4.69, 9.17) is 5.11 Å². The molecule has 0 aliphatic carbocycles. The average Bonchev–Trinajstić information content (AvgIpc) is 2.76. The molecule has 0 aliphatic rings. The summed E-state index contributed by atoms with van der Waals surface area (Å²) < 4.78 is 0. The van der Waals surface area contributed by atoms with Crippen molar-refractivity contribution in [3.8, 4) is 0 Å². The summed E-state index contributed by atoms with van der Waals surface area (Å²) >= 11 is 0. The number of likely N-dealkylation sites (N-methyl/N-ethyl adjacent to an activating group) is 1. The van der Waals surface area contributed by atoms with Crippen LogP contribution in [0.4, 0.5) is 0 Å². The van der Waals surface area contributed by atoms with Crippen LogP contribution in [0.1, 0.15) is 25.8 Å². The maximum Gasteiger partial charge on any atom is 0.322 e. The summed E-state index contributed by atoms with van der Waals surface area (Å²) in [6, 6.07) is 7.01. The second kappa shape index (κ2) is 13.7. The topological polar surface area (TPSA) is 145 Å². The number of aliphatic carboxylic acids is 1. The lowest BCUT2D eigenvalue weighted by atomic mass is 10.0. The second-order valence-corrected chi connectivity index (χ2v) is 8.01. The number of carboxylic acids is 1. The molecule has 0 heterocycles. The summed E-state index contributed by atoms with van der Waals surface area (Å²) in [5.41, 5.74) is 0.782. The number of nitrogens with one attached hydrogen (secondary N) is 3. The molecule has 0 spiro atoms. The molecule has 180 valence electrons. The molecule has 4 N–H and O–H groups in total. The first-order valence-corrected chi connectivity index (χ1v) is 10.5. The van der Waals surface area contributed by atoms with Gasteiger partial charge in [0.2, 0.25) is 23.6 Å². The van der Waals surface area contributed by atoms with Gasteiger partial charge in [-0.25, -0.2) is 0 Å². The first kappa shape index (κ1) is 27.3. The molecule has 10 heteroatoms. The van der Waals surface area contributed by atoms with Gasteiger partial charge in [-0.1, -0.05) is 50.8 Å². The maximum absolute atomic E-state index is 13.1.